The Bertz CT molecular complexity index is 1410. The Balaban J connectivity index is 0.000000434. The average molecular weight is 619 g/mol. The molecule has 1 aromatic heterocycles. The molecule has 45 heavy (non-hydrogen) atoms. The predicted octanol–water partition coefficient (Wildman–Crippen LogP) is 8.79. The minimum absolute atomic E-state index is 0.122. The summed E-state index contributed by atoms with van der Waals surface area (Å²) in [6.45, 7) is 20.2. The first-order chi connectivity index (χ1) is 21.8. The number of amides is 2. The Morgan fingerprint density at radius 1 is 1.07 bits per heavy atom. The van der Waals surface area contributed by atoms with E-state index in [9.17, 15) is 9.18 Å². The van der Waals surface area contributed by atoms with Gasteiger partial charge in [0.05, 0.1) is 12.1 Å². The van der Waals surface area contributed by atoms with E-state index in [1.165, 1.54) is 25.7 Å². The number of oxime groups is 1. The average Bonchev–Trinajstić information content (AvgIpc) is 3.41. The third-order valence-corrected chi connectivity index (χ3v) is 8.11. The zero-order valence-electron chi connectivity index (χ0n) is 27.9. The predicted molar refractivity (Wildman–Crippen MR) is 186 cm³/mol. The Hall–Kier alpha value is -4.01. The zero-order valence-corrected chi connectivity index (χ0v) is 27.9. The number of aryl methyl sites for hydroxylation is 1. The molecule has 2 aliphatic heterocycles. The van der Waals surface area contributed by atoms with Gasteiger partial charge in [0.2, 0.25) is 0 Å². The van der Waals surface area contributed by atoms with E-state index in [0.29, 0.717) is 18.8 Å². The molecule has 0 N–H and O–H groups in total. The van der Waals surface area contributed by atoms with Crippen molar-refractivity contribution in [2.45, 2.75) is 73.1 Å². The Labute approximate surface area is 269 Å². The number of carbonyl (C=O) groups excluding carboxylic acids is 1. The number of para-hydroxylation sites is 1. The third-order valence-electron chi connectivity index (χ3n) is 8.11. The van der Waals surface area contributed by atoms with Crippen LogP contribution in [0.5, 0.6) is 0 Å². The van der Waals surface area contributed by atoms with E-state index in [4.69, 9.17) is 0 Å². The van der Waals surface area contributed by atoms with Crippen LogP contribution in [-0.2, 0) is 4.84 Å². The van der Waals surface area contributed by atoms with E-state index in [2.05, 4.69) is 96.2 Å². The van der Waals surface area contributed by atoms with Crippen LogP contribution in [0.15, 0.2) is 60.2 Å². The minimum atomic E-state index is -0.515. The number of anilines is 2. The summed E-state index contributed by atoms with van der Waals surface area (Å²) in [5.74, 6) is 2.51. The first-order valence-corrected chi connectivity index (χ1v) is 16.4. The smallest absolute Gasteiger partial charge is 0.324 e. The van der Waals surface area contributed by atoms with Crippen molar-refractivity contribution in [2.75, 3.05) is 49.2 Å². The molecule has 2 aromatic carbocycles. The van der Waals surface area contributed by atoms with Crippen LogP contribution in [0, 0.1) is 12.8 Å². The Kier molecular flexibility index (Phi) is 14.2. The van der Waals surface area contributed by atoms with Gasteiger partial charge in [-0.25, -0.2) is 19.2 Å². The highest BCUT2D eigenvalue weighted by atomic mass is 19.1. The monoisotopic (exact) mass is 618 g/mol. The summed E-state index contributed by atoms with van der Waals surface area (Å²) >= 11 is 0. The number of rotatable bonds is 10. The lowest BCUT2D eigenvalue weighted by molar-refractivity contribution is 0.216. The molecule has 2 saturated heterocycles. The van der Waals surface area contributed by atoms with Gasteiger partial charge in [0.1, 0.15) is 24.6 Å². The third kappa shape index (κ3) is 9.25. The number of carbonyl (C=O) groups is 1. The molecule has 5 rings (SSSR count). The van der Waals surface area contributed by atoms with Crippen LogP contribution in [0.4, 0.5) is 20.7 Å². The van der Waals surface area contributed by atoms with Gasteiger partial charge in [-0.3, -0.25) is 4.90 Å². The first-order valence-electron chi connectivity index (χ1n) is 16.4. The lowest BCUT2D eigenvalue weighted by Gasteiger charge is -2.33. The number of hydrogen-bond acceptors (Lipinski definition) is 6. The van der Waals surface area contributed by atoms with Gasteiger partial charge in [0.25, 0.3) is 0 Å². The topological polar surface area (TPSA) is 74.2 Å². The van der Waals surface area contributed by atoms with Crippen molar-refractivity contribution in [2.24, 2.45) is 11.1 Å². The van der Waals surface area contributed by atoms with Gasteiger partial charge in [-0.15, -0.1) is 0 Å². The van der Waals surface area contributed by atoms with Crippen molar-refractivity contribution < 1.29 is 14.0 Å². The van der Waals surface area contributed by atoms with Crippen molar-refractivity contribution in [1.29, 1.82) is 0 Å². The van der Waals surface area contributed by atoms with Crippen LogP contribution >= 0.6 is 0 Å². The van der Waals surface area contributed by atoms with Crippen molar-refractivity contribution in [3.8, 4) is 11.1 Å². The fourth-order valence-electron chi connectivity index (χ4n) is 5.77. The van der Waals surface area contributed by atoms with Gasteiger partial charge in [-0.1, -0.05) is 70.5 Å². The SMILES string of the molecule is C=NOC(=C)CCC.CCC.CCC1CCN(c2ncnc3c(-c4ccc(N5CCN(CCF)C5=O)c(C)c4)cccc23)CC1. The second-order valence-electron chi connectivity index (χ2n) is 11.6. The van der Waals surface area contributed by atoms with E-state index >= 15 is 0 Å². The lowest BCUT2D eigenvalue weighted by atomic mass is 9.94. The first kappa shape index (κ1) is 35.5. The molecular weight excluding hydrogens is 567 g/mol. The molecule has 0 radical (unpaired) electrons. The Morgan fingerprint density at radius 2 is 1.80 bits per heavy atom. The number of alkyl halides is 1. The van der Waals surface area contributed by atoms with Crippen molar-refractivity contribution >= 4 is 35.2 Å². The molecule has 9 heteroatoms. The molecule has 2 amide bonds. The number of halogens is 1. The number of aromatic nitrogens is 2. The molecule has 0 saturated carbocycles. The summed E-state index contributed by atoms with van der Waals surface area (Å²) in [6, 6.07) is 12.3. The Morgan fingerprint density at radius 3 is 2.42 bits per heavy atom. The number of benzene rings is 2. The summed E-state index contributed by atoms with van der Waals surface area (Å²) in [4.78, 5) is 32.3. The summed E-state index contributed by atoms with van der Waals surface area (Å²) in [6.07, 6.45) is 8.49. The van der Waals surface area contributed by atoms with Crippen molar-refractivity contribution in [3.63, 3.8) is 0 Å². The molecule has 2 fully saturated rings. The summed E-state index contributed by atoms with van der Waals surface area (Å²) in [7, 11) is 0. The van der Waals surface area contributed by atoms with Crippen LogP contribution < -0.4 is 9.80 Å². The fourth-order valence-corrected chi connectivity index (χ4v) is 5.77. The van der Waals surface area contributed by atoms with Crippen molar-refractivity contribution in [1.82, 2.24) is 14.9 Å². The normalized spacial score (nSPS) is 14.9. The molecule has 2 aliphatic rings. The molecule has 8 nitrogen and oxygen atoms in total. The van der Waals surface area contributed by atoms with E-state index in [-0.39, 0.29) is 12.6 Å². The number of urea groups is 1. The minimum Gasteiger partial charge on any atom is -0.363 e. The highest BCUT2D eigenvalue weighted by Crippen LogP contribution is 2.35. The van der Waals surface area contributed by atoms with Crippen LogP contribution in [0.3, 0.4) is 0 Å². The molecule has 3 aromatic rings. The van der Waals surface area contributed by atoms with Gasteiger partial charge >= 0.3 is 6.03 Å². The number of nitrogens with zero attached hydrogens (tertiary/aromatic N) is 6. The lowest BCUT2D eigenvalue weighted by Crippen LogP contribution is -2.34. The largest absolute Gasteiger partial charge is 0.363 e. The summed E-state index contributed by atoms with van der Waals surface area (Å²) < 4.78 is 12.8. The van der Waals surface area contributed by atoms with Gasteiger partial charge in [-0.2, -0.15) is 0 Å². The van der Waals surface area contributed by atoms with E-state index in [1.54, 1.807) is 16.1 Å². The summed E-state index contributed by atoms with van der Waals surface area (Å²) in [5.41, 5.74) is 4.97. The van der Waals surface area contributed by atoms with Crippen LogP contribution in [-0.4, -0.2) is 67.0 Å². The molecule has 0 spiro atoms. The van der Waals surface area contributed by atoms with Crippen LogP contribution in [0.1, 0.15) is 71.8 Å². The van der Waals surface area contributed by atoms with Gasteiger partial charge in [0, 0.05) is 56.0 Å². The molecular formula is C36H51FN6O2. The fraction of sp³-hybridized carbons (Fsp3) is 0.500. The number of fused-ring (bicyclic) bond motifs is 1. The maximum absolute atomic E-state index is 12.8. The molecule has 0 unspecified atom stereocenters. The van der Waals surface area contributed by atoms with Crippen LogP contribution in [0.25, 0.3) is 22.0 Å². The number of hydrogen-bond donors (Lipinski definition) is 0. The molecule has 0 aliphatic carbocycles. The van der Waals surface area contributed by atoms with E-state index < -0.39 is 6.67 Å². The molecule has 3 heterocycles. The molecule has 244 valence electrons. The second kappa shape index (κ2) is 18.1. The highest BCUT2D eigenvalue weighted by molar-refractivity contribution is 6.00. The number of allylic oxidation sites excluding steroid dienone is 1. The number of piperidine rings is 1. The van der Waals surface area contributed by atoms with Gasteiger partial charge < -0.3 is 14.6 Å². The van der Waals surface area contributed by atoms with Crippen molar-refractivity contribution in [3.05, 3.63) is 60.6 Å². The highest BCUT2D eigenvalue weighted by Gasteiger charge is 2.30. The maximum atomic E-state index is 12.8. The van der Waals surface area contributed by atoms with E-state index in [0.717, 1.165) is 70.9 Å². The molecule has 0 atom stereocenters. The van der Waals surface area contributed by atoms with Gasteiger partial charge in [-0.05, 0) is 61.4 Å². The quantitative estimate of drug-likeness (QED) is 0.129. The van der Waals surface area contributed by atoms with Gasteiger partial charge in [0.15, 0.2) is 0 Å². The maximum Gasteiger partial charge on any atom is 0.324 e. The van der Waals surface area contributed by atoms with Crippen LogP contribution in [0.2, 0.25) is 0 Å². The molecule has 0 bridgehead atoms. The second-order valence-corrected chi connectivity index (χ2v) is 11.6. The van der Waals surface area contributed by atoms with E-state index in [1.807, 2.05) is 13.0 Å². The zero-order chi connectivity index (χ0) is 32.8. The standard InChI is InChI=1S/C27H32FN5O.C6H11NO.C3H8/c1-3-20-9-12-31(13-10-20)26-23-6-4-5-22(25(23)29-18-30-26)21-7-8-24(19(2)17-21)33-16-15-32(14-11-28)27(33)34;1-4-5-6(2)8-7-3;1-3-2/h4-8,17-18,20H,3,9-16H2,1-2H3;2-5H2,1H3;3H2,1-2H3. The summed E-state index contributed by atoms with van der Waals surface area (Å²) in [5, 5.41) is 4.28.